The van der Waals surface area contributed by atoms with E-state index in [4.69, 9.17) is 0 Å². The number of benzene rings is 2. The number of rotatable bonds is 7. The highest BCUT2D eigenvalue weighted by atomic mass is 127. The Kier molecular flexibility index (Phi) is 8.83. The van der Waals surface area contributed by atoms with Crippen LogP contribution in [-0.4, -0.2) is 22.1 Å². The second-order valence-electron chi connectivity index (χ2n) is 6.09. The van der Waals surface area contributed by atoms with Crippen LogP contribution in [0.2, 0.25) is 0 Å². The molecule has 0 atom stereocenters. The van der Waals surface area contributed by atoms with E-state index in [2.05, 4.69) is 68.5 Å². The average molecular weight is 475 g/mol. The van der Waals surface area contributed by atoms with E-state index in [9.17, 15) is 0 Å². The number of hydrogen-bond acceptors (Lipinski definition) is 2. The fraction of sp³-hybridized carbons (Fsp3) is 0.238. The van der Waals surface area contributed by atoms with Crippen LogP contribution in [0, 0.1) is 0 Å². The lowest BCUT2D eigenvalue weighted by Gasteiger charge is -2.12. The zero-order valence-corrected chi connectivity index (χ0v) is 17.8. The summed E-state index contributed by atoms with van der Waals surface area (Å²) in [6.07, 6.45) is 5.61. The molecule has 0 fully saturated rings. The summed E-state index contributed by atoms with van der Waals surface area (Å²) in [5.74, 6) is 0.832. The summed E-state index contributed by atoms with van der Waals surface area (Å²) in [7, 11) is 0. The van der Waals surface area contributed by atoms with Crippen molar-refractivity contribution in [2.75, 3.05) is 6.54 Å². The minimum atomic E-state index is 0. The van der Waals surface area contributed by atoms with Crippen molar-refractivity contribution < 1.29 is 0 Å². The maximum absolute atomic E-state index is 4.65. The van der Waals surface area contributed by atoms with Crippen LogP contribution in [0.15, 0.2) is 78.3 Å². The number of imidazole rings is 1. The van der Waals surface area contributed by atoms with Gasteiger partial charge in [-0.15, -0.1) is 24.0 Å². The summed E-state index contributed by atoms with van der Waals surface area (Å²) < 4.78 is 2.06. The van der Waals surface area contributed by atoms with Crippen molar-refractivity contribution >= 4 is 29.9 Å². The molecule has 2 aromatic carbocycles. The van der Waals surface area contributed by atoms with Gasteiger partial charge < -0.3 is 15.2 Å². The average Bonchev–Trinajstić information content (AvgIpc) is 3.19. The van der Waals surface area contributed by atoms with Gasteiger partial charge in [0.2, 0.25) is 0 Å². The third-order valence-corrected chi connectivity index (χ3v) is 4.01. The number of aliphatic imine (C=N–C) groups is 1. The SMILES string of the molecule is CCNC(=NCc1ccccc1)NCc1ccc(Cn2ccnc2)cc1.I. The van der Waals surface area contributed by atoms with Crippen molar-refractivity contribution in [3.05, 3.63) is 90.0 Å². The zero-order chi connectivity index (χ0) is 18.0. The molecule has 1 heterocycles. The Balaban J connectivity index is 0.00000261. The number of halogens is 1. The van der Waals surface area contributed by atoms with E-state index in [1.807, 2.05) is 30.7 Å². The quantitative estimate of drug-likeness (QED) is 0.311. The third kappa shape index (κ3) is 7.05. The summed E-state index contributed by atoms with van der Waals surface area (Å²) in [6, 6.07) is 18.9. The van der Waals surface area contributed by atoms with Gasteiger partial charge in [-0.1, -0.05) is 54.6 Å². The van der Waals surface area contributed by atoms with Gasteiger partial charge in [-0.05, 0) is 23.6 Å². The standard InChI is InChI=1S/C21H25N5.HI/c1-2-23-21(24-14-18-6-4-3-5-7-18)25-15-19-8-10-20(11-9-19)16-26-13-12-22-17-26;/h3-13,17H,2,14-16H2,1H3,(H2,23,24,25);1H. The van der Waals surface area contributed by atoms with Crippen molar-refractivity contribution in [1.82, 2.24) is 20.2 Å². The fourth-order valence-electron chi connectivity index (χ4n) is 2.63. The Labute approximate surface area is 178 Å². The van der Waals surface area contributed by atoms with Gasteiger partial charge in [-0.2, -0.15) is 0 Å². The van der Waals surface area contributed by atoms with E-state index in [-0.39, 0.29) is 24.0 Å². The highest BCUT2D eigenvalue weighted by molar-refractivity contribution is 14.0. The number of aromatic nitrogens is 2. The molecule has 0 saturated carbocycles. The number of hydrogen-bond donors (Lipinski definition) is 2. The summed E-state index contributed by atoms with van der Waals surface area (Å²) >= 11 is 0. The maximum atomic E-state index is 4.65. The third-order valence-electron chi connectivity index (χ3n) is 4.01. The molecule has 0 aliphatic heterocycles. The second kappa shape index (κ2) is 11.4. The van der Waals surface area contributed by atoms with E-state index in [1.165, 1.54) is 16.7 Å². The summed E-state index contributed by atoms with van der Waals surface area (Å²) in [5, 5.41) is 6.69. The highest BCUT2D eigenvalue weighted by Gasteiger charge is 2.00. The normalized spacial score (nSPS) is 10.9. The Bertz CT molecular complexity index is 798. The summed E-state index contributed by atoms with van der Waals surface area (Å²) in [4.78, 5) is 8.72. The summed E-state index contributed by atoms with van der Waals surface area (Å²) in [5.41, 5.74) is 3.69. The van der Waals surface area contributed by atoms with Crippen LogP contribution >= 0.6 is 24.0 Å². The molecule has 3 aromatic rings. The van der Waals surface area contributed by atoms with Crippen LogP contribution in [0.25, 0.3) is 0 Å². The van der Waals surface area contributed by atoms with Crippen molar-refractivity contribution in [1.29, 1.82) is 0 Å². The zero-order valence-electron chi connectivity index (χ0n) is 15.5. The van der Waals surface area contributed by atoms with Gasteiger partial charge >= 0.3 is 0 Å². The van der Waals surface area contributed by atoms with E-state index in [1.54, 1.807) is 6.20 Å². The van der Waals surface area contributed by atoms with Gasteiger partial charge in [0.15, 0.2) is 5.96 Å². The van der Waals surface area contributed by atoms with Crippen LogP contribution in [0.4, 0.5) is 0 Å². The molecule has 0 aliphatic rings. The maximum Gasteiger partial charge on any atom is 0.191 e. The molecular weight excluding hydrogens is 449 g/mol. The van der Waals surface area contributed by atoms with Crippen LogP contribution < -0.4 is 10.6 Å². The molecule has 0 amide bonds. The van der Waals surface area contributed by atoms with Gasteiger partial charge in [0.1, 0.15) is 0 Å². The van der Waals surface area contributed by atoms with Crippen molar-refractivity contribution in [3.8, 4) is 0 Å². The largest absolute Gasteiger partial charge is 0.357 e. The Morgan fingerprint density at radius 1 is 0.963 bits per heavy atom. The first-order chi connectivity index (χ1) is 12.8. The van der Waals surface area contributed by atoms with Gasteiger partial charge in [0.25, 0.3) is 0 Å². The van der Waals surface area contributed by atoms with Gasteiger partial charge in [-0.3, -0.25) is 0 Å². The number of nitrogens with zero attached hydrogens (tertiary/aromatic N) is 3. The minimum Gasteiger partial charge on any atom is -0.357 e. The van der Waals surface area contributed by atoms with Gasteiger partial charge in [0, 0.05) is 32.0 Å². The molecule has 0 saturated heterocycles. The van der Waals surface area contributed by atoms with Crippen molar-refractivity contribution in [2.45, 2.75) is 26.6 Å². The van der Waals surface area contributed by atoms with E-state index in [0.29, 0.717) is 6.54 Å². The van der Waals surface area contributed by atoms with Crippen LogP contribution in [0.3, 0.4) is 0 Å². The molecule has 0 radical (unpaired) electrons. The first-order valence-corrected chi connectivity index (χ1v) is 8.93. The molecule has 5 nitrogen and oxygen atoms in total. The predicted octanol–water partition coefficient (Wildman–Crippen LogP) is 3.80. The molecular formula is C21H26IN5. The van der Waals surface area contributed by atoms with Crippen LogP contribution in [-0.2, 0) is 19.6 Å². The van der Waals surface area contributed by atoms with E-state index < -0.39 is 0 Å². The molecule has 0 unspecified atom stereocenters. The number of nitrogens with one attached hydrogen (secondary N) is 2. The molecule has 142 valence electrons. The summed E-state index contributed by atoms with van der Waals surface area (Å²) in [6.45, 7) is 5.16. The smallest absolute Gasteiger partial charge is 0.191 e. The Morgan fingerprint density at radius 3 is 2.37 bits per heavy atom. The predicted molar refractivity (Wildman–Crippen MR) is 121 cm³/mol. The van der Waals surface area contributed by atoms with Gasteiger partial charge in [-0.25, -0.2) is 9.98 Å². The van der Waals surface area contributed by atoms with Crippen molar-refractivity contribution in [3.63, 3.8) is 0 Å². The molecule has 1 aromatic heterocycles. The lowest BCUT2D eigenvalue weighted by molar-refractivity contribution is 0.793. The van der Waals surface area contributed by atoms with Crippen LogP contribution in [0.1, 0.15) is 23.6 Å². The Morgan fingerprint density at radius 2 is 1.70 bits per heavy atom. The Hall–Kier alpha value is -2.35. The first kappa shape index (κ1) is 21.0. The molecule has 6 heteroatoms. The minimum absolute atomic E-state index is 0. The van der Waals surface area contributed by atoms with E-state index >= 15 is 0 Å². The lowest BCUT2D eigenvalue weighted by atomic mass is 10.1. The second-order valence-corrected chi connectivity index (χ2v) is 6.09. The molecule has 0 aliphatic carbocycles. The molecule has 3 rings (SSSR count). The molecule has 2 N–H and O–H groups in total. The van der Waals surface area contributed by atoms with Crippen LogP contribution in [0.5, 0.6) is 0 Å². The van der Waals surface area contributed by atoms with Gasteiger partial charge in [0.05, 0.1) is 12.9 Å². The highest BCUT2D eigenvalue weighted by Crippen LogP contribution is 2.06. The number of guanidine groups is 1. The topological polar surface area (TPSA) is 54.2 Å². The first-order valence-electron chi connectivity index (χ1n) is 8.93. The molecule has 0 spiro atoms. The molecule has 0 bridgehead atoms. The monoisotopic (exact) mass is 475 g/mol. The van der Waals surface area contributed by atoms with Crippen molar-refractivity contribution in [2.24, 2.45) is 4.99 Å². The fourth-order valence-corrected chi connectivity index (χ4v) is 2.63. The van der Waals surface area contributed by atoms with E-state index in [0.717, 1.165) is 25.6 Å². The lowest BCUT2D eigenvalue weighted by Crippen LogP contribution is -2.36. The molecule has 27 heavy (non-hydrogen) atoms.